The largest absolute Gasteiger partial charge is 0.422 e. The van der Waals surface area contributed by atoms with Crippen molar-refractivity contribution in [1.82, 2.24) is 0 Å². The molecular formula is C34H47NO2. The normalized spacial score (nSPS) is 17.3. The van der Waals surface area contributed by atoms with Crippen molar-refractivity contribution in [2.45, 2.75) is 122 Å². The molecule has 3 heteroatoms. The Hall–Kier alpha value is -2.60. The van der Waals surface area contributed by atoms with Crippen molar-refractivity contribution < 1.29 is 9.53 Å². The first-order valence-electron chi connectivity index (χ1n) is 15.0. The van der Waals surface area contributed by atoms with Gasteiger partial charge >= 0.3 is 5.97 Å². The van der Waals surface area contributed by atoms with Gasteiger partial charge < -0.3 is 4.74 Å². The summed E-state index contributed by atoms with van der Waals surface area (Å²) in [7, 11) is 0. The highest BCUT2D eigenvalue weighted by Gasteiger charge is 2.22. The van der Waals surface area contributed by atoms with Crippen molar-refractivity contribution >= 4 is 5.97 Å². The number of ether oxygens (including phenoxy) is 1. The first kappa shape index (κ1) is 29.0. The van der Waals surface area contributed by atoms with E-state index in [1.54, 1.807) is 6.07 Å². The zero-order chi connectivity index (χ0) is 26.3. The second kappa shape index (κ2) is 16.3. The van der Waals surface area contributed by atoms with Gasteiger partial charge in [-0.15, -0.1) is 0 Å². The standard InChI is InChI=1S/C34H47NO2/c1-3-5-7-8-9-10-12-13-27-15-18-29(19-16-27)30-20-22-31(23-21-30)34(36)37-33-24-17-28(14-11-6-4-2)25-32(33)26-35/h17,20-25,27,29H,3-16,18-19H2,1-2H3. The molecule has 2 aromatic rings. The first-order chi connectivity index (χ1) is 18.1. The number of rotatable bonds is 15. The number of carbonyl (C=O) groups is 1. The van der Waals surface area contributed by atoms with Gasteiger partial charge in [-0.25, -0.2) is 4.79 Å². The van der Waals surface area contributed by atoms with Crippen LogP contribution in [0.1, 0.15) is 143 Å². The molecule has 1 aliphatic rings. The van der Waals surface area contributed by atoms with Crippen molar-refractivity contribution in [2.24, 2.45) is 5.92 Å². The lowest BCUT2D eigenvalue weighted by Crippen LogP contribution is -2.14. The number of benzene rings is 2. The van der Waals surface area contributed by atoms with Crippen LogP contribution in [-0.2, 0) is 6.42 Å². The van der Waals surface area contributed by atoms with Gasteiger partial charge in [0.15, 0.2) is 0 Å². The highest BCUT2D eigenvalue weighted by atomic mass is 16.5. The predicted octanol–water partition coefficient (Wildman–Crippen LogP) is 9.92. The summed E-state index contributed by atoms with van der Waals surface area (Å²) >= 11 is 0. The number of hydrogen-bond donors (Lipinski definition) is 0. The molecule has 0 N–H and O–H groups in total. The van der Waals surface area contributed by atoms with Crippen LogP contribution in [0.4, 0.5) is 0 Å². The van der Waals surface area contributed by atoms with Crippen molar-refractivity contribution in [3.63, 3.8) is 0 Å². The minimum atomic E-state index is -0.403. The molecule has 0 spiro atoms. The van der Waals surface area contributed by atoms with Gasteiger partial charge in [0.25, 0.3) is 0 Å². The molecule has 2 aromatic carbocycles. The molecule has 0 aromatic heterocycles. The molecule has 0 heterocycles. The van der Waals surface area contributed by atoms with Gasteiger partial charge in [0, 0.05) is 0 Å². The van der Waals surface area contributed by atoms with Crippen molar-refractivity contribution in [3.05, 3.63) is 64.7 Å². The molecule has 0 bridgehead atoms. The number of carbonyl (C=O) groups excluding carboxylic acids is 1. The molecule has 0 radical (unpaired) electrons. The highest BCUT2D eigenvalue weighted by molar-refractivity contribution is 5.91. The van der Waals surface area contributed by atoms with E-state index in [1.165, 1.54) is 95.5 Å². The quantitative estimate of drug-likeness (QED) is 0.139. The van der Waals surface area contributed by atoms with Crippen LogP contribution in [0.15, 0.2) is 42.5 Å². The van der Waals surface area contributed by atoms with Gasteiger partial charge in [0.1, 0.15) is 11.8 Å². The zero-order valence-corrected chi connectivity index (χ0v) is 23.3. The fourth-order valence-electron chi connectivity index (χ4n) is 5.71. The van der Waals surface area contributed by atoms with E-state index in [-0.39, 0.29) is 0 Å². The molecule has 1 fully saturated rings. The van der Waals surface area contributed by atoms with E-state index < -0.39 is 5.97 Å². The Morgan fingerprint density at radius 3 is 2.16 bits per heavy atom. The number of hydrogen-bond acceptors (Lipinski definition) is 3. The molecule has 1 aliphatic carbocycles. The Kier molecular flexibility index (Phi) is 12.7. The average molecular weight is 502 g/mol. The lowest BCUT2D eigenvalue weighted by atomic mass is 9.77. The van der Waals surface area contributed by atoms with Crippen LogP contribution in [0.25, 0.3) is 0 Å². The predicted molar refractivity (Wildman–Crippen MR) is 153 cm³/mol. The molecule has 1 saturated carbocycles. The third-order valence-electron chi connectivity index (χ3n) is 8.12. The smallest absolute Gasteiger partial charge is 0.343 e. The van der Waals surface area contributed by atoms with Crippen LogP contribution in [-0.4, -0.2) is 5.97 Å². The number of aryl methyl sites for hydroxylation is 1. The summed E-state index contributed by atoms with van der Waals surface area (Å²) in [5.74, 6) is 1.43. The average Bonchev–Trinajstić information content (AvgIpc) is 2.94. The van der Waals surface area contributed by atoms with Gasteiger partial charge in [0.2, 0.25) is 0 Å². The van der Waals surface area contributed by atoms with E-state index in [4.69, 9.17) is 4.74 Å². The maximum Gasteiger partial charge on any atom is 0.343 e. The van der Waals surface area contributed by atoms with E-state index in [0.29, 0.717) is 22.8 Å². The van der Waals surface area contributed by atoms with Crippen LogP contribution < -0.4 is 4.74 Å². The van der Waals surface area contributed by atoms with Crippen LogP contribution in [0.5, 0.6) is 5.75 Å². The maximum atomic E-state index is 12.8. The van der Waals surface area contributed by atoms with Crippen LogP contribution in [0.3, 0.4) is 0 Å². The number of nitriles is 1. The second-order valence-electron chi connectivity index (χ2n) is 11.0. The van der Waals surface area contributed by atoms with E-state index in [1.807, 2.05) is 24.3 Å². The SMILES string of the molecule is CCCCCCCCCC1CCC(c2ccc(C(=O)Oc3ccc(CCCCC)cc3C#N)cc2)CC1. The summed E-state index contributed by atoms with van der Waals surface area (Å²) < 4.78 is 5.62. The van der Waals surface area contributed by atoms with Gasteiger partial charge in [0.05, 0.1) is 11.1 Å². The lowest BCUT2D eigenvalue weighted by molar-refractivity contribution is 0.0734. The number of esters is 1. The van der Waals surface area contributed by atoms with E-state index >= 15 is 0 Å². The molecule has 200 valence electrons. The van der Waals surface area contributed by atoms with Gasteiger partial charge in [-0.05, 0) is 85.8 Å². The van der Waals surface area contributed by atoms with Gasteiger partial charge in [-0.2, -0.15) is 5.26 Å². The van der Waals surface area contributed by atoms with Crippen LogP contribution >= 0.6 is 0 Å². The van der Waals surface area contributed by atoms with Crippen molar-refractivity contribution in [2.75, 3.05) is 0 Å². The van der Waals surface area contributed by atoms with Crippen molar-refractivity contribution in [3.8, 4) is 11.8 Å². The Morgan fingerprint density at radius 2 is 1.49 bits per heavy atom. The summed E-state index contributed by atoms with van der Waals surface area (Å²) in [5.41, 5.74) is 3.41. The molecule has 0 unspecified atom stereocenters. The van der Waals surface area contributed by atoms with Crippen molar-refractivity contribution in [1.29, 1.82) is 5.26 Å². The first-order valence-corrected chi connectivity index (χ1v) is 15.0. The van der Waals surface area contributed by atoms with Gasteiger partial charge in [-0.1, -0.05) is 96.3 Å². The molecule has 0 atom stereocenters. The Balaban J connectivity index is 1.44. The summed E-state index contributed by atoms with van der Waals surface area (Å²) in [5, 5.41) is 9.56. The third kappa shape index (κ3) is 9.66. The monoisotopic (exact) mass is 501 g/mol. The molecule has 0 saturated heterocycles. The van der Waals surface area contributed by atoms with Crippen LogP contribution in [0, 0.1) is 17.2 Å². The fraction of sp³-hybridized carbons (Fsp3) is 0.588. The Morgan fingerprint density at radius 1 is 0.838 bits per heavy atom. The van der Waals surface area contributed by atoms with E-state index in [2.05, 4.69) is 32.0 Å². The fourth-order valence-corrected chi connectivity index (χ4v) is 5.71. The molecule has 3 nitrogen and oxygen atoms in total. The van der Waals surface area contributed by atoms with E-state index in [0.717, 1.165) is 24.3 Å². The zero-order valence-electron chi connectivity index (χ0n) is 23.3. The van der Waals surface area contributed by atoms with Crippen LogP contribution in [0.2, 0.25) is 0 Å². The molecular weight excluding hydrogens is 454 g/mol. The van der Waals surface area contributed by atoms with E-state index in [9.17, 15) is 10.1 Å². The highest BCUT2D eigenvalue weighted by Crippen LogP contribution is 2.38. The number of nitrogens with zero attached hydrogens (tertiary/aromatic N) is 1. The number of unbranched alkanes of at least 4 members (excludes halogenated alkanes) is 8. The maximum absolute atomic E-state index is 12.8. The van der Waals surface area contributed by atoms with Gasteiger partial charge in [-0.3, -0.25) is 0 Å². The third-order valence-corrected chi connectivity index (χ3v) is 8.12. The Bertz CT molecular complexity index is 980. The lowest BCUT2D eigenvalue weighted by Gasteiger charge is -2.29. The molecule has 3 rings (SSSR count). The minimum absolute atomic E-state index is 0.343. The summed E-state index contributed by atoms with van der Waals surface area (Å²) in [6.07, 6.45) is 20.7. The molecule has 0 amide bonds. The minimum Gasteiger partial charge on any atom is -0.422 e. The second-order valence-corrected chi connectivity index (χ2v) is 11.0. The summed E-state index contributed by atoms with van der Waals surface area (Å²) in [6, 6.07) is 15.7. The molecule has 37 heavy (non-hydrogen) atoms. The topological polar surface area (TPSA) is 50.1 Å². The molecule has 0 aliphatic heterocycles. The summed E-state index contributed by atoms with van der Waals surface area (Å²) in [6.45, 7) is 4.46. The summed E-state index contributed by atoms with van der Waals surface area (Å²) in [4.78, 5) is 12.8. The Labute approximate surface area is 225 Å².